The highest BCUT2D eigenvalue weighted by Gasteiger charge is 2.11. The van der Waals surface area contributed by atoms with Crippen LogP contribution in [0.25, 0.3) is 11.1 Å². The van der Waals surface area contributed by atoms with E-state index in [2.05, 4.69) is 5.10 Å². The summed E-state index contributed by atoms with van der Waals surface area (Å²) in [5.41, 5.74) is 6.97. The molecule has 0 unspecified atom stereocenters. The molecule has 0 aliphatic carbocycles. The first-order valence-electron chi connectivity index (χ1n) is 4.32. The van der Waals surface area contributed by atoms with E-state index in [1.165, 1.54) is 22.9 Å². The van der Waals surface area contributed by atoms with Crippen molar-refractivity contribution in [1.29, 1.82) is 0 Å². The third kappa shape index (κ3) is 1.68. The van der Waals surface area contributed by atoms with E-state index in [0.29, 0.717) is 22.0 Å². The molecule has 3 nitrogen and oxygen atoms in total. The van der Waals surface area contributed by atoms with Crippen LogP contribution in [-0.2, 0) is 7.05 Å². The Morgan fingerprint density at radius 2 is 2.13 bits per heavy atom. The van der Waals surface area contributed by atoms with Crippen LogP contribution in [0.15, 0.2) is 24.4 Å². The molecule has 0 radical (unpaired) electrons. The summed E-state index contributed by atoms with van der Waals surface area (Å²) in [6.45, 7) is 0. The van der Waals surface area contributed by atoms with Crippen LogP contribution in [0.3, 0.4) is 0 Å². The van der Waals surface area contributed by atoms with Crippen molar-refractivity contribution in [2.24, 2.45) is 7.05 Å². The largest absolute Gasteiger partial charge is 0.383 e. The molecule has 0 bridgehead atoms. The first-order valence-corrected chi connectivity index (χ1v) is 4.70. The summed E-state index contributed by atoms with van der Waals surface area (Å²) >= 11 is 5.95. The van der Waals surface area contributed by atoms with Crippen LogP contribution in [0, 0.1) is 5.82 Å². The van der Waals surface area contributed by atoms with Gasteiger partial charge in [-0.25, -0.2) is 4.39 Å². The Morgan fingerprint density at radius 3 is 2.73 bits per heavy atom. The van der Waals surface area contributed by atoms with Gasteiger partial charge in [-0.3, -0.25) is 4.68 Å². The van der Waals surface area contributed by atoms with Crippen molar-refractivity contribution in [1.82, 2.24) is 9.78 Å². The Bertz CT molecular complexity index is 507. The molecular weight excluding hydrogens is 217 g/mol. The molecule has 78 valence electrons. The molecule has 2 N–H and O–H groups in total. The highest BCUT2D eigenvalue weighted by molar-refractivity contribution is 6.33. The molecule has 0 aliphatic rings. The fourth-order valence-electron chi connectivity index (χ4n) is 1.36. The molecule has 0 aliphatic heterocycles. The molecule has 1 aromatic heterocycles. The molecule has 2 rings (SSSR count). The number of nitrogens with zero attached hydrogens (tertiary/aromatic N) is 2. The van der Waals surface area contributed by atoms with Crippen LogP contribution >= 0.6 is 11.6 Å². The summed E-state index contributed by atoms with van der Waals surface area (Å²) in [5.74, 6) is 0.111. The number of halogens is 2. The van der Waals surface area contributed by atoms with Gasteiger partial charge in [0.15, 0.2) is 0 Å². The summed E-state index contributed by atoms with van der Waals surface area (Å²) < 4.78 is 14.6. The predicted molar refractivity (Wildman–Crippen MR) is 58.0 cm³/mol. The summed E-state index contributed by atoms with van der Waals surface area (Å²) in [6.07, 6.45) is 1.57. The minimum Gasteiger partial charge on any atom is -0.383 e. The third-order valence-corrected chi connectivity index (χ3v) is 2.53. The van der Waals surface area contributed by atoms with Crippen LogP contribution in [0.5, 0.6) is 0 Å². The minimum atomic E-state index is -0.349. The SMILES string of the molecule is Cn1ncc(-c2cc(F)ccc2Cl)c1N. The number of rotatable bonds is 1. The van der Waals surface area contributed by atoms with Crippen molar-refractivity contribution in [2.45, 2.75) is 0 Å². The van der Waals surface area contributed by atoms with Gasteiger partial charge < -0.3 is 5.73 Å². The zero-order valence-electron chi connectivity index (χ0n) is 8.04. The number of hydrogen-bond donors (Lipinski definition) is 1. The van der Waals surface area contributed by atoms with Crippen LogP contribution < -0.4 is 5.73 Å². The Labute approximate surface area is 91.3 Å². The van der Waals surface area contributed by atoms with Crippen LogP contribution in [-0.4, -0.2) is 9.78 Å². The summed E-state index contributed by atoms with van der Waals surface area (Å²) in [4.78, 5) is 0. The van der Waals surface area contributed by atoms with E-state index in [1.54, 1.807) is 13.2 Å². The van der Waals surface area contributed by atoms with Gasteiger partial charge in [-0.2, -0.15) is 5.10 Å². The fourth-order valence-corrected chi connectivity index (χ4v) is 1.58. The van der Waals surface area contributed by atoms with Gasteiger partial charge in [0, 0.05) is 23.2 Å². The van der Waals surface area contributed by atoms with E-state index in [0.717, 1.165) is 0 Å². The van der Waals surface area contributed by atoms with Gasteiger partial charge in [0.25, 0.3) is 0 Å². The van der Waals surface area contributed by atoms with Crippen molar-refractivity contribution in [3.63, 3.8) is 0 Å². The average Bonchev–Trinajstić information content (AvgIpc) is 2.52. The highest BCUT2D eigenvalue weighted by Crippen LogP contribution is 2.31. The van der Waals surface area contributed by atoms with Gasteiger partial charge in [0.2, 0.25) is 0 Å². The molecule has 1 heterocycles. The monoisotopic (exact) mass is 225 g/mol. The van der Waals surface area contributed by atoms with Crippen molar-refractivity contribution in [2.75, 3.05) is 5.73 Å². The lowest BCUT2D eigenvalue weighted by atomic mass is 10.1. The number of benzene rings is 1. The molecule has 0 fully saturated rings. The van der Waals surface area contributed by atoms with E-state index in [4.69, 9.17) is 17.3 Å². The average molecular weight is 226 g/mol. The van der Waals surface area contributed by atoms with Crippen LogP contribution in [0.2, 0.25) is 5.02 Å². The van der Waals surface area contributed by atoms with E-state index >= 15 is 0 Å². The van der Waals surface area contributed by atoms with Gasteiger partial charge in [-0.05, 0) is 18.2 Å². The summed E-state index contributed by atoms with van der Waals surface area (Å²) in [6, 6.07) is 4.15. The number of hydrogen-bond acceptors (Lipinski definition) is 2. The molecule has 2 aromatic rings. The lowest BCUT2D eigenvalue weighted by molar-refractivity contribution is 0.628. The van der Waals surface area contributed by atoms with Crippen molar-refractivity contribution in [3.05, 3.63) is 35.2 Å². The number of nitrogens with two attached hydrogens (primary N) is 1. The smallest absolute Gasteiger partial charge is 0.129 e. The van der Waals surface area contributed by atoms with Gasteiger partial charge in [0.05, 0.1) is 6.20 Å². The second-order valence-electron chi connectivity index (χ2n) is 3.19. The lowest BCUT2D eigenvalue weighted by Gasteiger charge is -2.03. The fraction of sp³-hybridized carbons (Fsp3) is 0.100. The Kier molecular flexibility index (Phi) is 2.36. The van der Waals surface area contributed by atoms with E-state index in [9.17, 15) is 4.39 Å². The van der Waals surface area contributed by atoms with Gasteiger partial charge in [-0.1, -0.05) is 11.6 Å². The quantitative estimate of drug-likeness (QED) is 0.810. The van der Waals surface area contributed by atoms with E-state index in [-0.39, 0.29) is 5.82 Å². The summed E-state index contributed by atoms with van der Waals surface area (Å²) in [7, 11) is 1.71. The molecule has 0 amide bonds. The molecular formula is C10H9ClFN3. The van der Waals surface area contributed by atoms with Crippen LogP contribution in [0.4, 0.5) is 10.2 Å². The molecule has 0 saturated carbocycles. The number of aromatic nitrogens is 2. The first kappa shape index (κ1) is 9.98. The normalized spacial score (nSPS) is 10.6. The van der Waals surface area contributed by atoms with Gasteiger partial charge >= 0.3 is 0 Å². The molecule has 5 heteroatoms. The highest BCUT2D eigenvalue weighted by atomic mass is 35.5. The van der Waals surface area contributed by atoms with Gasteiger partial charge in [-0.15, -0.1) is 0 Å². The molecule has 1 aromatic carbocycles. The summed E-state index contributed by atoms with van der Waals surface area (Å²) in [5, 5.41) is 4.43. The zero-order chi connectivity index (χ0) is 11.0. The van der Waals surface area contributed by atoms with Crippen molar-refractivity contribution in [3.8, 4) is 11.1 Å². The Balaban J connectivity index is 2.63. The molecule has 0 saturated heterocycles. The predicted octanol–water partition coefficient (Wildman–Crippen LogP) is 2.46. The molecule has 0 atom stereocenters. The number of nitrogen functional groups attached to an aromatic ring is 1. The van der Waals surface area contributed by atoms with E-state index < -0.39 is 0 Å². The third-order valence-electron chi connectivity index (χ3n) is 2.20. The Hall–Kier alpha value is -1.55. The Morgan fingerprint density at radius 1 is 1.40 bits per heavy atom. The number of aryl methyl sites for hydroxylation is 1. The van der Waals surface area contributed by atoms with Gasteiger partial charge in [0.1, 0.15) is 11.6 Å². The van der Waals surface area contributed by atoms with Crippen molar-refractivity contribution >= 4 is 17.4 Å². The maximum absolute atomic E-state index is 13.0. The molecule has 15 heavy (non-hydrogen) atoms. The second-order valence-corrected chi connectivity index (χ2v) is 3.60. The first-order chi connectivity index (χ1) is 7.09. The van der Waals surface area contributed by atoms with Crippen molar-refractivity contribution < 1.29 is 4.39 Å². The number of anilines is 1. The zero-order valence-corrected chi connectivity index (χ0v) is 8.79. The topological polar surface area (TPSA) is 43.8 Å². The van der Waals surface area contributed by atoms with Crippen LogP contribution in [0.1, 0.15) is 0 Å². The standard InChI is InChI=1S/C10H9ClFN3/c1-15-10(13)8(5-14-15)7-4-6(12)2-3-9(7)11/h2-5H,13H2,1H3. The minimum absolute atomic E-state index is 0.349. The maximum Gasteiger partial charge on any atom is 0.129 e. The second kappa shape index (κ2) is 3.55. The molecule has 0 spiro atoms. The lowest BCUT2D eigenvalue weighted by Crippen LogP contribution is -1.98. The maximum atomic E-state index is 13.0. The van der Waals surface area contributed by atoms with E-state index in [1.807, 2.05) is 0 Å².